The zero-order valence-electron chi connectivity index (χ0n) is 13.8. The van der Waals surface area contributed by atoms with Gasteiger partial charge in [-0.1, -0.05) is 6.07 Å². The lowest BCUT2D eigenvalue weighted by Crippen LogP contribution is -2.46. The molecular formula is C18H25NO4. The van der Waals surface area contributed by atoms with E-state index < -0.39 is 0 Å². The molecule has 0 radical (unpaired) electrons. The second-order valence-electron chi connectivity index (χ2n) is 6.42. The molecule has 1 unspecified atom stereocenters. The van der Waals surface area contributed by atoms with Gasteiger partial charge < -0.3 is 19.5 Å². The van der Waals surface area contributed by atoms with Crippen molar-refractivity contribution in [3.05, 3.63) is 23.8 Å². The van der Waals surface area contributed by atoms with Crippen LogP contribution in [0.25, 0.3) is 0 Å². The van der Waals surface area contributed by atoms with E-state index in [2.05, 4.69) is 11.4 Å². The number of methoxy groups -OCH3 is 2. The van der Waals surface area contributed by atoms with Crippen LogP contribution in [0.2, 0.25) is 0 Å². The molecule has 1 fully saturated rings. The maximum Gasteiger partial charge on any atom is 0.308 e. The Morgan fingerprint density at radius 1 is 1.17 bits per heavy atom. The Bertz CT molecular complexity index is 552. The van der Waals surface area contributed by atoms with Crippen LogP contribution in [0.4, 0.5) is 0 Å². The van der Waals surface area contributed by atoms with Gasteiger partial charge in [0.15, 0.2) is 0 Å². The lowest BCUT2D eigenvalue weighted by molar-refractivity contribution is -0.146. The molecule has 1 saturated carbocycles. The van der Waals surface area contributed by atoms with Crippen LogP contribution in [0, 0.1) is 5.92 Å². The minimum atomic E-state index is -0.0627. The fraction of sp³-hybridized carbons (Fsp3) is 0.611. The van der Waals surface area contributed by atoms with Crippen LogP contribution in [0.1, 0.15) is 31.2 Å². The lowest BCUT2D eigenvalue weighted by atomic mass is 9.85. The van der Waals surface area contributed by atoms with Gasteiger partial charge in [-0.3, -0.25) is 4.79 Å². The zero-order valence-corrected chi connectivity index (χ0v) is 13.8. The van der Waals surface area contributed by atoms with E-state index in [1.54, 1.807) is 7.11 Å². The molecule has 1 aromatic carbocycles. The Balaban J connectivity index is 1.51. The third-order valence-electron chi connectivity index (χ3n) is 4.91. The molecule has 23 heavy (non-hydrogen) atoms. The molecule has 5 nitrogen and oxygen atoms in total. The number of rotatable bonds is 4. The van der Waals surface area contributed by atoms with Crippen LogP contribution in [0.5, 0.6) is 11.5 Å². The summed E-state index contributed by atoms with van der Waals surface area (Å²) in [5.74, 6) is 1.77. The Morgan fingerprint density at radius 3 is 2.65 bits per heavy atom. The largest absolute Gasteiger partial charge is 0.497 e. The van der Waals surface area contributed by atoms with E-state index in [0.29, 0.717) is 18.7 Å². The second kappa shape index (κ2) is 7.21. The van der Waals surface area contributed by atoms with Gasteiger partial charge in [-0.15, -0.1) is 0 Å². The molecule has 1 heterocycles. The van der Waals surface area contributed by atoms with Gasteiger partial charge in [0.2, 0.25) is 0 Å². The van der Waals surface area contributed by atoms with Crippen LogP contribution < -0.4 is 14.8 Å². The minimum absolute atomic E-state index is 0.0627. The summed E-state index contributed by atoms with van der Waals surface area (Å²) in [6.07, 6.45) is 4.82. The number of fused-ring (bicyclic) bond motifs is 1. The smallest absolute Gasteiger partial charge is 0.308 e. The van der Waals surface area contributed by atoms with Crippen molar-refractivity contribution in [1.29, 1.82) is 0 Å². The van der Waals surface area contributed by atoms with Gasteiger partial charge in [-0.25, -0.2) is 0 Å². The molecule has 5 heteroatoms. The third kappa shape index (κ3) is 3.78. The maximum absolute atomic E-state index is 11.6. The summed E-state index contributed by atoms with van der Waals surface area (Å²) in [5.41, 5.74) is 1.22. The summed E-state index contributed by atoms with van der Waals surface area (Å²) in [5, 5.41) is 3.70. The Hall–Kier alpha value is -1.75. The van der Waals surface area contributed by atoms with Gasteiger partial charge in [-0.05, 0) is 43.7 Å². The van der Waals surface area contributed by atoms with Crippen molar-refractivity contribution >= 4 is 5.97 Å². The Labute approximate surface area is 137 Å². The van der Waals surface area contributed by atoms with Crippen LogP contribution in [0.15, 0.2) is 18.2 Å². The number of carbonyl (C=O) groups is 1. The molecule has 0 saturated heterocycles. The summed E-state index contributed by atoms with van der Waals surface area (Å²) in [4.78, 5) is 11.6. The first kappa shape index (κ1) is 16.1. The van der Waals surface area contributed by atoms with Crippen LogP contribution >= 0.6 is 0 Å². The monoisotopic (exact) mass is 319 g/mol. The number of carbonyl (C=O) groups excluding carboxylic acids is 1. The average molecular weight is 319 g/mol. The SMILES string of the molecule is COC(=O)C1CCC(NC2COc3cc(OC)ccc3C2)CC1. The molecule has 1 aromatic rings. The van der Waals surface area contributed by atoms with Crippen molar-refractivity contribution in [3.8, 4) is 11.5 Å². The molecule has 0 spiro atoms. The molecule has 0 aromatic heterocycles. The standard InChI is InChI=1S/C18H25NO4/c1-21-16-8-5-13-9-15(11-23-17(13)10-16)19-14-6-3-12(4-7-14)18(20)22-2/h5,8,10,12,14-15,19H,3-4,6-7,9,11H2,1-2H3. The summed E-state index contributed by atoms with van der Waals surface area (Å²) in [6, 6.07) is 6.80. The minimum Gasteiger partial charge on any atom is -0.497 e. The van der Waals surface area contributed by atoms with Crippen LogP contribution in [-0.2, 0) is 16.0 Å². The highest BCUT2D eigenvalue weighted by atomic mass is 16.5. The highest BCUT2D eigenvalue weighted by Crippen LogP contribution is 2.30. The van der Waals surface area contributed by atoms with Gasteiger partial charge in [0, 0.05) is 18.2 Å². The lowest BCUT2D eigenvalue weighted by Gasteiger charge is -2.33. The van der Waals surface area contributed by atoms with Gasteiger partial charge in [0.05, 0.1) is 20.1 Å². The van der Waals surface area contributed by atoms with E-state index in [-0.39, 0.29) is 11.9 Å². The molecule has 1 N–H and O–H groups in total. The molecule has 1 atom stereocenters. The van der Waals surface area contributed by atoms with Crippen molar-refractivity contribution in [2.45, 2.75) is 44.2 Å². The fourth-order valence-corrected chi connectivity index (χ4v) is 3.58. The molecule has 3 rings (SSSR count). The molecule has 0 bridgehead atoms. The van der Waals surface area contributed by atoms with E-state index in [0.717, 1.165) is 43.6 Å². The second-order valence-corrected chi connectivity index (χ2v) is 6.42. The zero-order chi connectivity index (χ0) is 16.2. The van der Waals surface area contributed by atoms with E-state index in [4.69, 9.17) is 14.2 Å². The van der Waals surface area contributed by atoms with Crippen LogP contribution in [-0.4, -0.2) is 38.9 Å². The Kier molecular flexibility index (Phi) is 5.06. The normalized spacial score (nSPS) is 26.8. The summed E-state index contributed by atoms with van der Waals surface area (Å²) >= 11 is 0. The number of esters is 1. The first-order valence-corrected chi connectivity index (χ1v) is 8.33. The third-order valence-corrected chi connectivity index (χ3v) is 4.91. The number of benzene rings is 1. The first-order chi connectivity index (χ1) is 11.2. The van der Waals surface area contributed by atoms with Crippen molar-refractivity contribution in [2.75, 3.05) is 20.8 Å². The maximum atomic E-state index is 11.6. The molecule has 2 aliphatic rings. The first-order valence-electron chi connectivity index (χ1n) is 8.33. The van der Waals surface area contributed by atoms with E-state index in [1.165, 1.54) is 12.7 Å². The molecular weight excluding hydrogens is 294 g/mol. The number of ether oxygens (including phenoxy) is 3. The number of hydrogen-bond donors (Lipinski definition) is 1. The topological polar surface area (TPSA) is 56.8 Å². The van der Waals surface area contributed by atoms with Crippen molar-refractivity contribution in [3.63, 3.8) is 0 Å². The van der Waals surface area contributed by atoms with Crippen molar-refractivity contribution in [1.82, 2.24) is 5.32 Å². The van der Waals surface area contributed by atoms with E-state index in [1.807, 2.05) is 12.1 Å². The van der Waals surface area contributed by atoms with Crippen LogP contribution in [0.3, 0.4) is 0 Å². The fourth-order valence-electron chi connectivity index (χ4n) is 3.58. The van der Waals surface area contributed by atoms with E-state index in [9.17, 15) is 4.79 Å². The highest BCUT2D eigenvalue weighted by molar-refractivity contribution is 5.72. The Morgan fingerprint density at radius 2 is 1.96 bits per heavy atom. The number of hydrogen-bond acceptors (Lipinski definition) is 5. The number of nitrogens with one attached hydrogen (secondary N) is 1. The molecule has 126 valence electrons. The quantitative estimate of drug-likeness (QED) is 0.863. The molecule has 0 amide bonds. The van der Waals surface area contributed by atoms with Crippen molar-refractivity contribution < 1.29 is 19.0 Å². The molecule has 1 aliphatic heterocycles. The average Bonchev–Trinajstić information content (AvgIpc) is 2.61. The summed E-state index contributed by atoms with van der Waals surface area (Å²) < 4.78 is 16.0. The van der Waals surface area contributed by atoms with Gasteiger partial charge in [-0.2, -0.15) is 0 Å². The summed E-state index contributed by atoms with van der Waals surface area (Å²) in [7, 11) is 3.14. The highest BCUT2D eigenvalue weighted by Gasteiger charge is 2.29. The predicted molar refractivity (Wildman–Crippen MR) is 86.9 cm³/mol. The summed E-state index contributed by atoms with van der Waals surface area (Å²) in [6.45, 7) is 0.678. The van der Waals surface area contributed by atoms with Gasteiger partial charge in [0.25, 0.3) is 0 Å². The van der Waals surface area contributed by atoms with E-state index >= 15 is 0 Å². The van der Waals surface area contributed by atoms with Crippen molar-refractivity contribution in [2.24, 2.45) is 5.92 Å². The molecule has 1 aliphatic carbocycles. The van der Waals surface area contributed by atoms with Gasteiger partial charge >= 0.3 is 5.97 Å². The predicted octanol–water partition coefficient (Wildman–Crippen LogP) is 2.32. The van der Waals surface area contributed by atoms with Gasteiger partial charge in [0.1, 0.15) is 18.1 Å².